The standard InChI is InChI=1S/C21H21N3O3S/c1-13-4-9-18(26-2)17(10-13)24-12-15(11-19(24)25)21-22-20(23-27-21)14-5-7-16(28-3)8-6-14/h4-10,15H,11-12H2,1-3H3. The van der Waals surface area contributed by atoms with Crippen LogP contribution in [-0.2, 0) is 4.79 Å². The summed E-state index contributed by atoms with van der Waals surface area (Å²) in [5.41, 5.74) is 2.75. The summed E-state index contributed by atoms with van der Waals surface area (Å²) >= 11 is 1.68. The van der Waals surface area contributed by atoms with Gasteiger partial charge in [-0.1, -0.05) is 11.2 Å². The summed E-state index contributed by atoms with van der Waals surface area (Å²) < 4.78 is 10.9. The monoisotopic (exact) mass is 395 g/mol. The van der Waals surface area contributed by atoms with Gasteiger partial charge in [0.25, 0.3) is 0 Å². The first-order valence-electron chi connectivity index (χ1n) is 9.02. The molecular formula is C21H21N3O3S. The Balaban J connectivity index is 1.56. The van der Waals surface area contributed by atoms with Crippen molar-refractivity contribution in [1.29, 1.82) is 0 Å². The van der Waals surface area contributed by atoms with Crippen LogP contribution in [0.5, 0.6) is 5.75 Å². The van der Waals surface area contributed by atoms with Crippen molar-refractivity contribution in [2.75, 3.05) is 24.8 Å². The van der Waals surface area contributed by atoms with Gasteiger partial charge in [0.2, 0.25) is 17.6 Å². The number of rotatable bonds is 5. The van der Waals surface area contributed by atoms with Crippen molar-refractivity contribution in [3.8, 4) is 17.1 Å². The largest absolute Gasteiger partial charge is 0.495 e. The molecule has 1 saturated heterocycles. The van der Waals surface area contributed by atoms with E-state index in [0.717, 1.165) is 16.8 Å². The maximum Gasteiger partial charge on any atom is 0.232 e. The molecule has 1 aromatic heterocycles. The lowest BCUT2D eigenvalue weighted by atomic mass is 10.1. The van der Waals surface area contributed by atoms with E-state index in [1.807, 2.05) is 55.6 Å². The predicted molar refractivity (Wildman–Crippen MR) is 109 cm³/mol. The van der Waals surface area contributed by atoms with E-state index < -0.39 is 0 Å². The molecule has 144 valence electrons. The number of hydrogen-bond acceptors (Lipinski definition) is 6. The van der Waals surface area contributed by atoms with Crippen LogP contribution in [0.15, 0.2) is 51.9 Å². The molecule has 1 fully saturated rings. The summed E-state index contributed by atoms with van der Waals surface area (Å²) in [5.74, 6) is 1.61. The van der Waals surface area contributed by atoms with Crippen LogP contribution in [0, 0.1) is 6.92 Å². The highest BCUT2D eigenvalue weighted by Gasteiger charge is 2.36. The average Bonchev–Trinajstić information content (AvgIpc) is 3.35. The fourth-order valence-electron chi connectivity index (χ4n) is 3.38. The zero-order valence-corrected chi connectivity index (χ0v) is 16.8. The first kappa shape index (κ1) is 18.6. The van der Waals surface area contributed by atoms with Crippen molar-refractivity contribution >= 4 is 23.4 Å². The minimum absolute atomic E-state index is 0.0259. The number of methoxy groups -OCH3 is 1. The second kappa shape index (κ2) is 7.67. The Labute approximate surface area is 167 Å². The van der Waals surface area contributed by atoms with Gasteiger partial charge < -0.3 is 14.2 Å². The third kappa shape index (κ3) is 3.49. The van der Waals surface area contributed by atoms with Crippen LogP contribution < -0.4 is 9.64 Å². The zero-order chi connectivity index (χ0) is 19.7. The van der Waals surface area contributed by atoms with Crippen molar-refractivity contribution in [1.82, 2.24) is 10.1 Å². The third-order valence-electron chi connectivity index (χ3n) is 4.89. The Kier molecular flexibility index (Phi) is 5.09. The molecule has 0 spiro atoms. The van der Waals surface area contributed by atoms with Gasteiger partial charge in [-0.3, -0.25) is 4.79 Å². The number of carbonyl (C=O) groups excluding carboxylic acids is 1. The number of aromatic nitrogens is 2. The van der Waals surface area contributed by atoms with Crippen LogP contribution in [-0.4, -0.2) is 36.0 Å². The minimum atomic E-state index is -0.135. The number of amides is 1. The molecule has 0 saturated carbocycles. The fraction of sp³-hybridized carbons (Fsp3) is 0.286. The molecule has 1 amide bonds. The van der Waals surface area contributed by atoms with Crippen LogP contribution in [0.3, 0.4) is 0 Å². The Morgan fingerprint density at radius 3 is 2.71 bits per heavy atom. The molecule has 0 radical (unpaired) electrons. The SMILES string of the molecule is COc1ccc(C)cc1N1CC(c2nc(-c3ccc(SC)cc3)no2)CC1=O. The first-order valence-corrected chi connectivity index (χ1v) is 10.2. The fourth-order valence-corrected chi connectivity index (χ4v) is 3.78. The first-order chi connectivity index (χ1) is 13.6. The molecule has 0 aliphatic carbocycles. The van der Waals surface area contributed by atoms with Gasteiger partial charge in [-0.05, 0) is 55.1 Å². The highest BCUT2D eigenvalue weighted by molar-refractivity contribution is 7.98. The van der Waals surface area contributed by atoms with Crippen LogP contribution in [0.2, 0.25) is 0 Å². The van der Waals surface area contributed by atoms with Gasteiger partial charge in [0.1, 0.15) is 5.75 Å². The number of benzene rings is 2. The Bertz CT molecular complexity index is 1000. The van der Waals surface area contributed by atoms with E-state index >= 15 is 0 Å². The number of ether oxygens (including phenoxy) is 1. The van der Waals surface area contributed by atoms with Crippen molar-refractivity contribution in [3.63, 3.8) is 0 Å². The Hall–Kier alpha value is -2.80. The number of nitrogens with zero attached hydrogens (tertiary/aromatic N) is 3. The normalized spacial score (nSPS) is 16.6. The molecule has 6 nitrogen and oxygen atoms in total. The molecular weight excluding hydrogens is 374 g/mol. The highest BCUT2D eigenvalue weighted by Crippen LogP contribution is 2.37. The van der Waals surface area contributed by atoms with Gasteiger partial charge in [-0.15, -0.1) is 11.8 Å². The van der Waals surface area contributed by atoms with Crippen molar-refractivity contribution in [2.24, 2.45) is 0 Å². The molecule has 3 aromatic rings. The molecule has 7 heteroatoms. The highest BCUT2D eigenvalue weighted by atomic mass is 32.2. The van der Waals surface area contributed by atoms with Crippen LogP contribution >= 0.6 is 11.8 Å². The lowest BCUT2D eigenvalue weighted by Gasteiger charge is -2.19. The van der Waals surface area contributed by atoms with Crippen molar-refractivity contribution in [3.05, 3.63) is 53.9 Å². The van der Waals surface area contributed by atoms with Gasteiger partial charge in [0.15, 0.2) is 0 Å². The van der Waals surface area contributed by atoms with Gasteiger partial charge in [0, 0.05) is 23.4 Å². The summed E-state index contributed by atoms with van der Waals surface area (Å²) in [7, 11) is 1.61. The summed E-state index contributed by atoms with van der Waals surface area (Å²) in [6, 6.07) is 13.8. The summed E-state index contributed by atoms with van der Waals surface area (Å²) in [6.45, 7) is 2.49. The van der Waals surface area contributed by atoms with Gasteiger partial charge >= 0.3 is 0 Å². The molecule has 0 N–H and O–H groups in total. The van der Waals surface area contributed by atoms with E-state index in [9.17, 15) is 4.79 Å². The lowest BCUT2D eigenvalue weighted by molar-refractivity contribution is -0.117. The number of aryl methyl sites for hydroxylation is 1. The molecule has 2 heterocycles. The second-order valence-corrected chi connectivity index (χ2v) is 7.65. The van der Waals surface area contributed by atoms with E-state index in [4.69, 9.17) is 9.26 Å². The molecule has 4 rings (SSSR count). The summed E-state index contributed by atoms with van der Waals surface area (Å²) in [6.07, 6.45) is 2.37. The van der Waals surface area contributed by atoms with E-state index in [-0.39, 0.29) is 11.8 Å². The molecule has 28 heavy (non-hydrogen) atoms. The van der Waals surface area contributed by atoms with Crippen LogP contribution in [0.25, 0.3) is 11.4 Å². The molecule has 1 aliphatic rings. The Morgan fingerprint density at radius 2 is 2.00 bits per heavy atom. The summed E-state index contributed by atoms with van der Waals surface area (Å²) in [4.78, 5) is 20.1. The van der Waals surface area contributed by atoms with E-state index in [1.165, 1.54) is 4.90 Å². The minimum Gasteiger partial charge on any atom is -0.495 e. The number of hydrogen-bond donors (Lipinski definition) is 0. The smallest absolute Gasteiger partial charge is 0.232 e. The lowest BCUT2D eigenvalue weighted by Crippen LogP contribution is -2.25. The van der Waals surface area contributed by atoms with E-state index in [1.54, 1.807) is 23.8 Å². The maximum absolute atomic E-state index is 12.7. The molecule has 0 bridgehead atoms. The number of carbonyl (C=O) groups is 1. The van der Waals surface area contributed by atoms with Crippen molar-refractivity contribution < 1.29 is 14.1 Å². The molecule has 1 unspecified atom stereocenters. The number of thioether (sulfide) groups is 1. The number of anilines is 1. The quantitative estimate of drug-likeness (QED) is 0.600. The van der Waals surface area contributed by atoms with Gasteiger partial charge in [-0.2, -0.15) is 4.98 Å². The van der Waals surface area contributed by atoms with E-state index in [0.29, 0.717) is 30.4 Å². The van der Waals surface area contributed by atoms with Crippen LogP contribution in [0.4, 0.5) is 5.69 Å². The Morgan fingerprint density at radius 1 is 1.21 bits per heavy atom. The topological polar surface area (TPSA) is 68.5 Å². The predicted octanol–water partition coefficient (Wildman–Crippen LogP) is 4.30. The van der Waals surface area contributed by atoms with Crippen molar-refractivity contribution in [2.45, 2.75) is 24.2 Å². The third-order valence-corrected chi connectivity index (χ3v) is 5.63. The van der Waals surface area contributed by atoms with Gasteiger partial charge in [0.05, 0.1) is 18.7 Å². The molecule has 1 atom stereocenters. The van der Waals surface area contributed by atoms with E-state index in [2.05, 4.69) is 10.1 Å². The molecule has 1 aliphatic heterocycles. The zero-order valence-electron chi connectivity index (χ0n) is 16.0. The second-order valence-electron chi connectivity index (χ2n) is 6.77. The summed E-state index contributed by atoms with van der Waals surface area (Å²) in [5, 5.41) is 4.11. The van der Waals surface area contributed by atoms with Gasteiger partial charge in [-0.25, -0.2) is 0 Å². The average molecular weight is 395 g/mol. The molecule has 2 aromatic carbocycles. The van der Waals surface area contributed by atoms with Crippen LogP contribution in [0.1, 0.15) is 23.8 Å². The maximum atomic E-state index is 12.7.